The summed E-state index contributed by atoms with van der Waals surface area (Å²) in [7, 11) is 1.55. The lowest BCUT2D eigenvalue weighted by molar-refractivity contribution is 0.102. The molecule has 1 N–H and O–H groups in total. The van der Waals surface area contributed by atoms with E-state index in [-0.39, 0.29) is 5.91 Å². The Morgan fingerprint density at radius 1 is 1.17 bits per heavy atom. The number of carbonyl (C=O) groups excluding carboxylic acids is 1. The highest BCUT2D eigenvalue weighted by atomic mass is 35.5. The standard InChI is InChI=1S/C18H15ClN2O2/c1-11-9-14(13-5-3-4-6-16(13)20-11)18(22)21-12-7-8-17(23-2)15(19)10-12/h3-10H,1-2H3,(H,21,22). The van der Waals surface area contributed by atoms with Crippen molar-refractivity contribution in [3.63, 3.8) is 0 Å². The number of halogens is 1. The number of fused-ring (bicyclic) bond motifs is 1. The number of anilines is 1. The van der Waals surface area contributed by atoms with Gasteiger partial charge in [-0.1, -0.05) is 29.8 Å². The molecule has 1 amide bonds. The van der Waals surface area contributed by atoms with Crippen LogP contribution in [0.15, 0.2) is 48.5 Å². The van der Waals surface area contributed by atoms with Crippen molar-refractivity contribution in [2.45, 2.75) is 6.92 Å². The van der Waals surface area contributed by atoms with Crippen LogP contribution in [-0.4, -0.2) is 18.0 Å². The number of nitrogens with one attached hydrogen (secondary N) is 1. The topological polar surface area (TPSA) is 51.2 Å². The van der Waals surface area contributed by atoms with Crippen LogP contribution in [-0.2, 0) is 0 Å². The van der Waals surface area contributed by atoms with Crippen LogP contribution in [0.2, 0.25) is 5.02 Å². The highest BCUT2D eigenvalue weighted by Gasteiger charge is 2.13. The molecule has 0 radical (unpaired) electrons. The quantitative estimate of drug-likeness (QED) is 0.773. The molecule has 5 heteroatoms. The maximum absolute atomic E-state index is 12.6. The number of amides is 1. The molecule has 23 heavy (non-hydrogen) atoms. The highest BCUT2D eigenvalue weighted by Crippen LogP contribution is 2.28. The molecule has 0 unspecified atom stereocenters. The Morgan fingerprint density at radius 2 is 1.96 bits per heavy atom. The first-order valence-corrected chi connectivity index (χ1v) is 7.47. The van der Waals surface area contributed by atoms with E-state index < -0.39 is 0 Å². The molecule has 1 heterocycles. The normalized spacial score (nSPS) is 10.6. The number of nitrogens with zero attached hydrogens (tertiary/aromatic N) is 1. The minimum atomic E-state index is -0.201. The van der Waals surface area contributed by atoms with Gasteiger partial charge in [0.25, 0.3) is 5.91 Å². The van der Waals surface area contributed by atoms with E-state index in [1.54, 1.807) is 31.4 Å². The van der Waals surface area contributed by atoms with E-state index >= 15 is 0 Å². The highest BCUT2D eigenvalue weighted by molar-refractivity contribution is 6.32. The van der Waals surface area contributed by atoms with Crippen LogP contribution in [0.4, 0.5) is 5.69 Å². The maximum atomic E-state index is 12.6. The molecule has 0 bridgehead atoms. The fraction of sp³-hybridized carbons (Fsp3) is 0.111. The molecule has 0 aliphatic carbocycles. The summed E-state index contributed by atoms with van der Waals surface area (Å²) in [5.41, 5.74) is 2.78. The van der Waals surface area contributed by atoms with Crippen molar-refractivity contribution in [1.29, 1.82) is 0 Å². The van der Waals surface area contributed by atoms with Crippen LogP contribution in [0.25, 0.3) is 10.9 Å². The Hall–Kier alpha value is -2.59. The number of para-hydroxylation sites is 1. The van der Waals surface area contributed by atoms with Crippen LogP contribution in [0.5, 0.6) is 5.75 Å². The lowest BCUT2D eigenvalue weighted by atomic mass is 10.1. The number of ether oxygens (including phenoxy) is 1. The second-order valence-electron chi connectivity index (χ2n) is 5.13. The predicted octanol–water partition coefficient (Wildman–Crippen LogP) is 4.46. The van der Waals surface area contributed by atoms with E-state index in [0.29, 0.717) is 22.0 Å². The zero-order valence-corrected chi connectivity index (χ0v) is 13.5. The van der Waals surface area contributed by atoms with E-state index in [1.807, 2.05) is 31.2 Å². The molecule has 3 aromatic rings. The molecular weight excluding hydrogens is 312 g/mol. The van der Waals surface area contributed by atoms with Crippen LogP contribution in [0.1, 0.15) is 16.1 Å². The lowest BCUT2D eigenvalue weighted by Crippen LogP contribution is -2.13. The van der Waals surface area contributed by atoms with Gasteiger partial charge in [-0.15, -0.1) is 0 Å². The van der Waals surface area contributed by atoms with Gasteiger partial charge in [0.05, 0.1) is 23.2 Å². The Balaban J connectivity index is 1.96. The van der Waals surface area contributed by atoms with Gasteiger partial charge in [-0.2, -0.15) is 0 Å². The SMILES string of the molecule is COc1ccc(NC(=O)c2cc(C)nc3ccccc23)cc1Cl. The number of pyridine rings is 1. The zero-order chi connectivity index (χ0) is 16.4. The third-order valence-corrected chi connectivity index (χ3v) is 3.79. The van der Waals surface area contributed by atoms with E-state index in [1.165, 1.54) is 0 Å². The molecular formula is C18H15ClN2O2. The van der Waals surface area contributed by atoms with Gasteiger partial charge in [-0.25, -0.2) is 0 Å². The van der Waals surface area contributed by atoms with Crippen molar-refractivity contribution in [2.24, 2.45) is 0 Å². The number of rotatable bonds is 3. The van der Waals surface area contributed by atoms with E-state index in [2.05, 4.69) is 10.3 Å². The number of aryl methyl sites for hydroxylation is 1. The van der Waals surface area contributed by atoms with Gasteiger partial charge in [0.1, 0.15) is 5.75 Å². The molecule has 0 aliphatic heterocycles. The number of benzene rings is 2. The van der Waals surface area contributed by atoms with Crippen molar-refractivity contribution in [2.75, 3.05) is 12.4 Å². The average Bonchev–Trinajstić information content (AvgIpc) is 2.54. The molecule has 1 aromatic heterocycles. The third-order valence-electron chi connectivity index (χ3n) is 3.50. The minimum Gasteiger partial charge on any atom is -0.495 e. The summed E-state index contributed by atoms with van der Waals surface area (Å²) < 4.78 is 5.11. The second-order valence-corrected chi connectivity index (χ2v) is 5.54. The van der Waals surface area contributed by atoms with E-state index in [4.69, 9.17) is 16.3 Å². The molecule has 0 aliphatic rings. The van der Waals surface area contributed by atoms with Crippen molar-refractivity contribution in [1.82, 2.24) is 4.98 Å². The van der Waals surface area contributed by atoms with Crippen molar-refractivity contribution < 1.29 is 9.53 Å². The zero-order valence-electron chi connectivity index (χ0n) is 12.8. The smallest absolute Gasteiger partial charge is 0.256 e. The molecule has 2 aromatic carbocycles. The van der Waals surface area contributed by atoms with Crippen LogP contribution < -0.4 is 10.1 Å². The van der Waals surface area contributed by atoms with Gasteiger partial charge in [-0.3, -0.25) is 9.78 Å². The molecule has 4 nitrogen and oxygen atoms in total. The van der Waals surface area contributed by atoms with Crippen LogP contribution in [0, 0.1) is 6.92 Å². The minimum absolute atomic E-state index is 0.201. The van der Waals surface area contributed by atoms with E-state index in [9.17, 15) is 4.79 Å². The van der Waals surface area contributed by atoms with Gasteiger partial charge in [0, 0.05) is 16.8 Å². The predicted molar refractivity (Wildman–Crippen MR) is 92.4 cm³/mol. The monoisotopic (exact) mass is 326 g/mol. The maximum Gasteiger partial charge on any atom is 0.256 e. The molecule has 0 saturated heterocycles. The van der Waals surface area contributed by atoms with E-state index in [0.717, 1.165) is 16.6 Å². The van der Waals surface area contributed by atoms with Crippen molar-refractivity contribution in [3.8, 4) is 5.75 Å². The fourth-order valence-electron chi connectivity index (χ4n) is 2.44. The number of hydrogen-bond donors (Lipinski definition) is 1. The Labute approximate surface area is 139 Å². The number of carbonyl (C=O) groups is 1. The van der Waals surface area contributed by atoms with Gasteiger partial charge in [-0.05, 0) is 37.3 Å². The summed E-state index contributed by atoms with van der Waals surface area (Å²) in [6.45, 7) is 1.87. The number of methoxy groups -OCH3 is 1. The third kappa shape index (κ3) is 3.12. The van der Waals surface area contributed by atoms with Gasteiger partial charge < -0.3 is 10.1 Å². The molecule has 116 valence electrons. The van der Waals surface area contributed by atoms with Gasteiger partial charge in [0.2, 0.25) is 0 Å². The van der Waals surface area contributed by atoms with Crippen molar-refractivity contribution >= 4 is 34.1 Å². The summed E-state index contributed by atoms with van der Waals surface area (Å²) in [5.74, 6) is 0.364. The molecule has 3 rings (SSSR count). The Morgan fingerprint density at radius 3 is 2.70 bits per heavy atom. The first-order valence-electron chi connectivity index (χ1n) is 7.10. The van der Waals surface area contributed by atoms with Crippen LogP contribution >= 0.6 is 11.6 Å². The summed E-state index contributed by atoms with van der Waals surface area (Å²) in [6.07, 6.45) is 0. The fourth-order valence-corrected chi connectivity index (χ4v) is 2.70. The summed E-state index contributed by atoms with van der Waals surface area (Å²) in [4.78, 5) is 17.1. The van der Waals surface area contributed by atoms with Gasteiger partial charge in [0.15, 0.2) is 0 Å². The summed E-state index contributed by atoms with van der Waals surface area (Å²) in [5, 5.41) is 4.12. The first-order chi connectivity index (χ1) is 11.1. The van der Waals surface area contributed by atoms with Gasteiger partial charge >= 0.3 is 0 Å². The summed E-state index contributed by atoms with van der Waals surface area (Å²) >= 11 is 6.09. The lowest BCUT2D eigenvalue weighted by Gasteiger charge is -2.10. The molecule has 0 atom stereocenters. The first kappa shape index (κ1) is 15.3. The number of aromatic nitrogens is 1. The number of hydrogen-bond acceptors (Lipinski definition) is 3. The molecule has 0 spiro atoms. The average molecular weight is 327 g/mol. The van der Waals surface area contributed by atoms with Crippen molar-refractivity contribution in [3.05, 3.63) is 64.8 Å². The summed E-state index contributed by atoms with van der Waals surface area (Å²) in [6, 6.07) is 14.5. The molecule has 0 saturated carbocycles. The Kier molecular flexibility index (Phi) is 4.17. The second kappa shape index (κ2) is 6.26. The largest absolute Gasteiger partial charge is 0.495 e. The Bertz CT molecular complexity index is 893. The molecule has 0 fully saturated rings. The van der Waals surface area contributed by atoms with Crippen LogP contribution in [0.3, 0.4) is 0 Å².